The van der Waals surface area contributed by atoms with Gasteiger partial charge in [-0.15, -0.1) is 0 Å². The van der Waals surface area contributed by atoms with Crippen LogP contribution in [0.3, 0.4) is 0 Å². The van der Waals surface area contributed by atoms with E-state index in [1.807, 2.05) is 30.3 Å². The summed E-state index contributed by atoms with van der Waals surface area (Å²) in [6.07, 6.45) is 0. The highest BCUT2D eigenvalue weighted by molar-refractivity contribution is 6.05. The molecule has 3 aromatic carbocycles. The van der Waals surface area contributed by atoms with Gasteiger partial charge in [-0.05, 0) is 42.0 Å². The molecular weight excluding hydrogens is 342 g/mol. The van der Waals surface area contributed by atoms with Crippen LogP contribution in [-0.2, 0) is 11.3 Å². The third kappa shape index (κ3) is 4.95. The molecule has 0 aliphatic rings. The number of carbonyl (C=O) groups is 2. The Morgan fingerprint density at radius 1 is 0.852 bits per heavy atom. The van der Waals surface area contributed by atoms with Gasteiger partial charge in [0, 0.05) is 11.3 Å². The maximum atomic E-state index is 12.5. The monoisotopic (exact) mass is 361 g/mol. The fraction of sp³-hybridized carbons (Fsp3) is 0.0909. The number of amides is 1. The Morgan fingerprint density at radius 2 is 1.59 bits per heavy atom. The van der Waals surface area contributed by atoms with Gasteiger partial charge in [0.05, 0.1) is 12.7 Å². The molecule has 0 atom stereocenters. The first-order valence-corrected chi connectivity index (χ1v) is 8.42. The summed E-state index contributed by atoms with van der Waals surface area (Å²) < 4.78 is 10.4. The molecule has 1 N–H and O–H groups in total. The van der Waals surface area contributed by atoms with E-state index in [0.717, 1.165) is 5.56 Å². The lowest BCUT2D eigenvalue weighted by Crippen LogP contribution is -2.12. The summed E-state index contributed by atoms with van der Waals surface area (Å²) in [5.41, 5.74) is 2.39. The normalized spacial score (nSPS) is 10.1. The molecule has 0 unspecified atom stereocenters. The van der Waals surface area contributed by atoms with Crippen LogP contribution in [0, 0.1) is 0 Å². The first kappa shape index (κ1) is 18.2. The summed E-state index contributed by atoms with van der Waals surface area (Å²) in [5, 5.41) is 2.78. The molecule has 0 spiro atoms. The highest BCUT2D eigenvalue weighted by Gasteiger charge is 2.10. The van der Waals surface area contributed by atoms with Gasteiger partial charge in [0.2, 0.25) is 0 Å². The minimum Gasteiger partial charge on any atom is -0.489 e. The maximum absolute atomic E-state index is 12.5. The number of methoxy groups -OCH3 is 1. The number of benzene rings is 3. The van der Waals surface area contributed by atoms with E-state index in [9.17, 15) is 9.59 Å². The molecule has 3 aromatic rings. The van der Waals surface area contributed by atoms with Gasteiger partial charge in [-0.2, -0.15) is 0 Å². The van der Waals surface area contributed by atoms with Gasteiger partial charge in [-0.1, -0.05) is 42.5 Å². The Balaban J connectivity index is 1.67. The summed E-state index contributed by atoms with van der Waals surface area (Å²) in [5.74, 6) is -0.139. The van der Waals surface area contributed by atoms with Crippen LogP contribution in [0.4, 0.5) is 5.69 Å². The molecule has 0 fully saturated rings. The zero-order valence-corrected chi connectivity index (χ0v) is 14.8. The average Bonchev–Trinajstić information content (AvgIpc) is 2.73. The van der Waals surface area contributed by atoms with E-state index >= 15 is 0 Å². The average molecular weight is 361 g/mol. The predicted molar refractivity (Wildman–Crippen MR) is 103 cm³/mol. The van der Waals surface area contributed by atoms with Crippen LogP contribution in [0.25, 0.3) is 0 Å². The number of nitrogens with one attached hydrogen (secondary N) is 1. The van der Waals surface area contributed by atoms with Crippen LogP contribution in [0.5, 0.6) is 5.75 Å². The second-order valence-corrected chi connectivity index (χ2v) is 5.83. The number of hydrogen-bond acceptors (Lipinski definition) is 4. The fourth-order valence-corrected chi connectivity index (χ4v) is 2.51. The van der Waals surface area contributed by atoms with E-state index in [1.165, 1.54) is 7.11 Å². The van der Waals surface area contributed by atoms with Crippen molar-refractivity contribution in [3.63, 3.8) is 0 Å². The third-order valence-corrected chi connectivity index (χ3v) is 3.89. The Bertz CT molecular complexity index is 938. The minimum absolute atomic E-state index is 0.290. The van der Waals surface area contributed by atoms with Gasteiger partial charge in [-0.25, -0.2) is 4.79 Å². The van der Waals surface area contributed by atoms with Crippen molar-refractivity contribution in [3.8, 4) is 5.75 Å². The number of anilines is 1. The highest BCUT2D eigenvalue weighted by Crippen LogP contribution is 2.18. The second-order valence-electron chi connectivity index (χ2n) is 5.83. The molecule has 3 rings (SSSR count). The van der Waals surface area contributed by atoms with Crippen molar-refractivity contribution in [1.29, 1.82) is 0 Å². The number of ether oxygens (including phenoxy) is 2. The van der Waals surface area contributed by atoms with E-state index < -0.39 is 5.97 Å². The summed E-state index contributed by atoms with van der Waals surface area (Å²) in [6, 6.07) is 23.3. The SMILES string of the molecule is COC(=O)c1cccc(NC(=O)c2cccc(OCc3ccccc3)c2)c1. The standard InChI is InChI=1S/C22H19NO4/c1-26-22(25)18-10-5-11-19(13-18)23-21(24)17-9-6-12-20(14-17)27-15-16-7-3-2-4-8-16/h2-14H,15H2,1H3,(H,23,24). The van der Waals surface area contributed by atoms with Crippen molar-refractivity contribution in [2.75, 3.05) is 12.4 Å². The van der Waals surface area contributed by atoms with Crippen molar-refractivity contribution in [2.45, 2.75) is 6.61 Å². The van der Waals surface area contributed by atoms with Crippen molar-refractivity contribution >= 4 is 17.6 Å². The van der Waals surface area contributed by atoms with Crippen molar-refractivity contribution in [2.24, 2.45) is 0 Å². The van der Waals surface area contributed by atoms with Crippen LogP contribution < -0.4 is 10.1 Å². The molecule has 5 nitrogen and oxygen atoms in total. The summed E-state index contributed by atoms with van der Waals surface area (Å²) >= 11 is 0. The topological polar surface area (TPSA) is 64.6 Å². The van der Waals surface area contributed by atoms with Gasteiger partial charge in [-0.3, -0.25) is 4.79 Å². The lowest BCUT2D eigenvalue weighted by Gasteiger charge is -2.09. The first-order chi connectivity index (χ1) is 13.2. The maximum Gasteiger partial charge on any atom is 0.337 e. The Labute approximate surface area is 157 Å². The third-order valence-electron chi connectivity index (χ3n) is 3.89. The van der Waals surface area contributed by atoms with Gasteiger partial charge in [0.15, 0.2) is 0 Å². The number of esters is 1. The molecule has 0 bridgehead atoms. The fourth-order valence-electron chi connectivity index (χ4n) is 2.51. The molecular formula is C22H19NO4. The van der Waals surface area contributed by atoms with Crippen molar-refractivity contribution in [1.82, 2.24) is 0 Å². The lowest BCUT2D eigenvalue weighted by molar-refractivity contribution is 0.0600. The van der Waals surface area contributed by atoms with E-state index in [-0.39, 0.29) is 5.91 Å². The number of hydrogen-bond donors (Lipinski definition) is 1. The van der Waals surface area contributed by atoms with Gasteiger partial charge >= 0.3 is 5.97 Å². The first-order valence-electron chi connectivity index (χ1n) is 8.42. The molecule has 0 aliphatic heterocycles. The smallest absolute Gasteiger partial charge is 0.337 e. The van der Waals surface area contributed by atoms with Gasteiger partial charge < -0.3 is 14.8 Å². The van der Waals surface area contributed by atoms with Crippen molar-refractivity contribution < 1.29 is 19.1 Å². The molecule has 0 saturated carbocycles. The molecule has 1 amide bonds. The second kappa shape index (κ2) is 8.67. The summed E-state index contributed by atoms with van der Waals surface area (Å²) in [4.78, 5) is 24.1. The Morgan fingerprint density at radius 3 is 2.37 bits per heavy atom. The van der Waals surface area contributed by atoms with Crippen LogP contribution >= 0.6 is 0 Å². The molecule has 0 radical (unpaired) electrons. The van der Waals surface area contributed by atoms with E-state index in [0.29, 0.717) is 29.2 Å². The van der Waals surface area contributed by atoms with Gasteiger partial charge in [0.25, 0.3) is 5.91 Å². The van der Waals surface area contributed by atoms with Crippen LogP contribution in [0.15, 0.2) is 78.9 Å². The highest BCUT2D eigenvalue weighted by atomic mass is 16.5. The summed E-state index contributed by atoms with van der Waals surface area (Å²) in [7, 11) is 1.31. The van der Waals surface area contributed by atoms with E-state index in [2.05, 4.69) is 5.32 Å². The quantitative estimate of drug-likeness (QED) is 0.665. The molecule has 0 aromatic heterocycles. The zero-order valence-electron chi connectivity index (χ0n) is 14.8. The van der Waals surface area contributed by atoms with E-state index in [1.54, 1.807) is 48.5 Å². The van der Waals surface area contributed by atoms with E-state index in [4.69, 9.17) is 9.47 Å². The lowest BCUT2D eigenvalue weighted by atomic mass is 10.1. The zero-order chi connectivity index (χ0) is 19.1. The Kier molecular flexibility index (Phi) is 5.84. The minimum atomic E-state index is -0.456. The Hall–Kier alpha value is -3.60. The number of carbonyl (C=O) groups excluding carboxylic acids is 2. The molecule has 27 heavy (non-hydrogen) atoms. The van der Waals surface area contributed by atoms with Crippen LogP contribution in [0.1, 0.15) is 26.3 Å². The molecule has 0 heterocycles. The molecule has 5 heteroatoms. The number of rotatable bonds is 6. The molecule has 0 aliphatic carbocycles. The molecule has 136 valence electrons. The van der Waals surface area contributed by atoms with Crippen LogP contribution in [0.2, 0.25) is 0 Å². The van der Waals surface area contributed by atoms with Crippen molar-refractivity contribution in [3.05, 3.63) is 95.6 Å². The summed E-state index contributed by atoms with van der Waals surface area (Å²) in [6.45, 7) is 0.424. The van der Waals surface area contributed by atoms with Gasteiger partial charge in [0.1, 0.15) is 12.4 Å². The largest absolute Gasteiger partial charge is 0.489 e. The predicted octanol–water partition coefficient (Wildman–Crippen LogP) is 4.30. The molecule has 0 saturated heterocycles. The van der Waals surface area contributed by atoms with Crippen LogP contribution in [-0.4, -0.2) is 19.0 Å².